The van der Waals surface area contributed by atoms with Crippen LogP contribution in [0.25, 0.3) is 0 Å². The first-order chi connectivity index (χ1) is 9.52. The smallest absolute Gasteiger partial charge is 0.239 e. The lowest BCUT2D eigenvalue weighted by atomic mass is 10.0. The number of carbonyl (C=O) groups excluding carboxylic acids is 1. The first kappa shape index (κ1) is 14.9. The molecule has 1 aliphatic rings. The molecule has 1 aromatic carbocycles. The third-order valence-corrected chi connectivity index (χ3v) is 3.69. The van der Waals surface area contributed by atoms with Crippen LogP contribution in [0, 0.1) is 12.7 Å². The molecular weight excluding hydrogens is 259 g/mol. The van der Waals surface area contributed by atoms with Gasteiger partial charge in [0.05, 0.1) is 19.2 Å². The molecule has 5 heteroatoms. The molecule has 4 nitrogen and oxygen atoms in total. The summed E-state index contributed by atoms with van der Waals surface area (Å²) in [6, 6.07) is 4.46. The van der Waals surface area contributed by atoms with Gasteiger partial charge in [0, 0.05) is 6.54 Å². The normalized spacial score (nSPS) is 20.8. The monoisotopic (exact) mass is 280 g/mol. The molecule has 0 aromatic heterocycles. The molecule has 0 aliphatic carbocycles. The van der Waals surface area contributed by atoms with E-state index in [4.69, 9.17) is 10.5 Å². The average molecular weight is 280 g/mol. The van der Waals surface area contributed by atoms with Crippen molar-refractivity contribution in [2.24, 2.45) is 5.73 Å². The molecule has 2 rings (SSSR count). The highest BCUT2D eigenvalue weighted by molar-refractivity contribution is 5.81. The second kappa shape index (κ2) is 6.33. The van der Waals surface area contributed by atoms with E-state index in [1.165, 1.54) is 6.07 Å². The topological polar surface area (TPSA) is 55.6 Å². The standard InChI is InChI=1S/C15H21FN2O2/c1-3-13(17)15(19)18-6-7-20-14(9-18)11-4-5-12(16)10(2)8-11/h4-5,8,13-14H,3,6-7,9,17H2,1-2H3. The second-order valence-electron chi connectivity index (χ2n) is 5.17. The zero-order valence-electron chi connectivity index (χ0n) is 11.9. The molecule has 1 heterocycles. The summed E-state index contributed by atoms with van der Waals surface area (Å²) in [6.45, 7) is 5.12. The van der Waals surface area contributed by atoms with Gasteiger partial charge in [-0.2, -0.15) is 0 Å². The molecule has 110 valence electrons. The van der Waals surface area contributed by atoms with E-state index in [2.05, 4.69) is 0 Å². The Hall–Kier alpha value is -1.46. The first-order valence-electron chi connectivity index (χ1n) is 6.95. The molecule has 2 N–H and O–H groups in total. The second-order valence-corrected chi connectivity index (χ2v) is 5.17. The largest absolute Gasteiger partial charge is 0.370 e. The van der Waals surface area contributed by atoms with Crippen molar-refractivity contribution >= 4 is 5.91 Å². The van der Waals surface area contributed by atoms with Gasteiger partial charge in [0.2, 0.25) is 5.91 Å². The minimum absolute atomic E-state index is 0.0420. The molecule has 2 atom stereocenters. The van der Waals surface area contributed by atoms with Crippen molar-refractivity contribution in [2.45, 2.75) is 32.4 Å². The van der Waals surface area contributed by atoms with Gasteiger partial charge in [-0.05, 0) is 30.5 Å². The molecule has 0 bridgehead atoms. The number of halogens is 1. The van der Waals surface area contributed by atoms with Crippen LogP contribution >= 0.6 is 0 Å². The Morgan fingerprint density at radius 2 is 2.35 bits per heavy atom. The van der Waals surface area contributed by atoms with Gasteiger partial charge in [0.15, 0.2) is 0 Å². The zero-order valence-corrected chi connectivity index (χ0v) is 11.9. The predicted molar refractivity (Wildman–Crippen MR) is 74.7 cm³/mol. The first-order valence-corrected chi connectivity index (χ1v) is 6.95. The third kappa shape index (κ3) is 3.16. The maximum atomic E-state index is 13.3. The molecule has 1 saturated heterocycles. The summed E-state index contributed by atoms with van der Waals surface area (Å²) in [5.41, 5.74) is 7.27. The molecular formula is C15H21FN2O2. The van der Waals surface area contributed by atoms with Crippen LogP contribution < -0.4 is 5.73 Å². The number of nitrogens with zero attached hydrogens (tertiary/aromatic N) is 1. The van der Waals surface area contributed by atoms with Crippen molar-refractivity contribution in [2.75, 3.05) is 19.7 Å². The molecule has 1 amide bonds. The predicted octanol–water partition coefficient (Wildman–Crippen LogP) is 1.77. The van der Waals surface area contributed by atoms with Gasteiger partial charge in [-0.25, -0.2) is 4.39 Å². The van der Waals surface area contributed by atoms with E-state index in [9.17, 15) is 9.18 Å². The Kier molecular flexibility index (Phi) is 4.73. The van der Waals surface area contributed by atoms with E-state index in [1.54, 1.807) is 24.0 Å². The van der Waals surface area contributed by atoms with Gasteiger partial charge in [0.25, 0.3) is 0 Å². The zero-order chi connectivity index (χ0) is 14.7. The van der Waals surface area contributed by atoms with Crippen molar-refractivity contribution < 1.29 is 13.9 Å². The summed E-state index contributed by atoms with van der Waals surface area (Å²) in [5, 5.41) is 0. The molecule has 1 aliphatic heterocycles. The minimum Gasteiger partial charge on any atom is -0.370 e. The summed E-state index contributed by atoms with van der Waals surface area (Å²) < 4.78 is 19.0. The Balaban J connectivity index is 2.10. The Labute approximate surface area is 118 Å². The van der Waals surface area contributed by atoms with Gasteiger partial charge >= 0.3 is 0 Å². The maximum absolute atomic E-state index is 13.3. The van der Waals surface area contributed by atoms with Crippen LogP contribution in [-0.2, 0) is 9.53 Å². The maximum Gasteiger partial charge on any atom is 0.239 e. The lowest BCUT2D eigenvalue weighted by Gasteiger charge is -2.34. The number of morpholine rings is 1. The van der Waals surface area contributed by atoms with Crippen molar-refractivity contribution in [1.82, 2.24) is 4.90 Å². The van der Waals surface area contributed by atoms with Gasteiger partial charge < -0.3 is 15.4 Å². The highest BCUT2D eigenvalue weighted by Gasteiger charge is 2.27. The average Bonchev–Trinajstić information content (AvgIpc) is 2.48. The molecule has 1 aromatic rings. The number of ether oxygens (including phenoxy) is 1. The Morgan fingerprint density at radius 1 is 1.60 bits per heavy atom. The number of rotatable bonds is 3. The molecule has 0 saturated carbocycles. The number of nitrogens with two attached hydrogens (primary N) is 1. The highest BCUT2D eigenvalue weighted by atomic mass is 19.1. The van der Waals surface area contributed by atoms with E-state index in [0.717, 1.165) is 5.56 Å². The van der Waals surface area contributed by atoms with E-state index < -0.39 is 6.04 Å². The quantitative estimate of drug-likeness (QED) is 0.918. The third-order valence-electron chi connectivity index (χ3n) is 3.69. The van der Waals surface area contributed by atoms with Crippen molar-refractivity contribution in [3.63, 3.8) is 0 Å². The number of carbonyl (C=O) groups is 1. The Bertz CT molecular complexity index is 493. The van der Waals surface area contributed by atoms with Crippen LogP contribution in [-0.4, -0.2) is 36.5 Å². The van der Waals surface area contributed by atoms with Crippen LogP contribution in [0.1, 0.15) is 30.6 Å². The molecule has 0 radical (unpaired) electrons. The summed E-state index contributed by atoms with van der Waals surface area (Å²) in [4.78, 5) is 13.8. The number of hydrogen-bond acceptors (Lipinski definition) is 3. The van der Waals surface area contributed by atoms with Gasteiger partial charge in [0.1, 0.15) is 11.9 Å². The van der Waals surface area contributed by atoms with Crippen LogP contribution in [0.5, 0.6) is 0 Å². The lowest BCUT2D eigenvalue weighted by molar-refractivity contribution is -0.140. The fourth-order valence-electron chi connectivity index (χ4n) is 2.33. The molecule has 1 fully saturated rings. The summed E-state index contributed by atoms with van der Waals surface area (Å²) in [5.74, 6) is -0.273. The lowest BCUT2D eigenvalue weighted by Crippen LogP contribution is -2.49. The van der Waals surface area contributed by atoms with Crippen molar-refractivity contribution in [1.29, 1.82) is 0 Å². The summed E-state index contributed by atoms with van der Waals surface area (Å²) >= 11 is 0. The van der Waals surface area contributed by atoms with E-state index in [1.807, 2.05) is 6.92 Å². The van der Waals surface area contributed by atoms with Gasteiger partial charge in [-0.1, -0.05) is 19.1 Å². The van der Waals surface area contributed by atoms with E-state index in [-0.39, 0.29) is 17.8 Å². The number of benzene rings is 1. The fraction of sp³-hybridized carbons (Fsp3) is 0.533. The molecule has 0 spiro atoms. The highest BCUT2D eigenvalue weighted by Crippen LogP contribution is 2.24. The van der Waals surface area contributed by atoms with Crippen molar-refractivity contribution in [3.8, 4) is 0 Å². The van der Waals surface area contributed by atoms with Crippen molar-refractivity contribution in [3.05, 3.63) is 35.1 Å². The number of amides is 1. The summed E-state index contributed by atoms with van der Waals surface area (Å²) in [6.07, 6.45) is 0.410. The molecule has 20 heavy (non-hydrogen) atoms. The fourth-order valence-corrected chi connectivity index (χ4v) is 2.33. The number of aryl methyl sites for hydroxylation is 1. The Morgan fingerprint density at radius 3 is 3.00 bits per heavy atom. The van der Waals surface area contributed by atoms with Gasteiger partial charge in [-0.3, -0.25) is 4.79 Å². The SMILES string of the molecule is CCC(N)C(=O)N1CCOC(c2ccc(F)c(C)c2)C1. The molecule has 2 unspecified atom stereocenters. The van der Waals surface area contributed by atoms with Crippen LogP contribution in [0.2, 0.25) is 0 Å². The van der Waals surface area contributed by atoms with Gasteiger partial charge in [-0.15, -0.1) is 0 Å². The minimum atomic E-state index is -0.455. The van der Waals surface area contributed by atoms with E-state index in [0.29, 0.717) is 31.7 Å². The number of hydrogen-bond donors (Lipinski definition) is 1. The summed E-state index contributed by atoms with van der Waals surface area (Å²) in [7, 11) is 0. The van der Waals surface area contributed by atoms with Crippen LogP contribution in [0.3, 0.4) is 0 Å². The van der Waals surface area contributed by atoms with Crippen LogP contribution in [0.15, 0.2) is 18.2 Å². The van der Waals surface area contributed by atoms with E-state index >= 15 is 0 Å². The van der Waals surface area contributed by atoms with Crippen LogP contribution in [0.4, 0.5) is 4.39 Å².